The van der Waals surface area contributed by atoms with E-state index in [9.17, 15) is 14.7 Å². The molecule has 0 aliphatic carbocycles. The molecule has 0 saturated carbocycles. The van der Waals surface area contributed by atoms with E-state index in [1.807, 2.05) is 6.92 Å². The maximum atomic E-state index is 12.2. The molecule has 1 aromatic heterocycles. The van der Waals surface area contributed by atoms with Gasteiger partial charge in [0.15, 0.2) is 0 Å². The van der Waals surface area contributed by atoms with Crippen LogP contribution in [0.15, 0.2) is 16.9 Å². The van der Waals surface area contributed by atoms with E-state index < -0.39 is 5.56 Å². The van der Waals surface area contributed by atoms with Gasteiger partial charge in [0.2, 0.25) is 0 Å². The molecule has 0 aromatic carbocycles. The minimum absolute atomic E-state index is 0.127. The smallest absolute Gasteiger partial charge is 0.270 e. The lowest BCUT2D eigenvalue weighted by molar-refractivity contribution is 0.0756. The Labute approximate surface area is 111 Å². The number of likely N-dealkylation sites (tertiary alicyclic amines) is 1. The number of hydrogen-bond acceptors (Lipinski definition) is 4. The predicted octanol–water partition coefficient (Wildman–Crippen LogP) is 0.579. The predicted molar refractivity (Wildman–Crippen MR) is 69.2 cm³/mol. The fourth-order valence-corrected chi connectivity index (χ4v) is 2.25. The SMILES string of the molecule is CCOCC1CCN(C(=O)c2cc(O)cc(=O)[nH]2)C1. The molecule has 104 valence electrons. The highest BCUT2D eigenvalue weighted by Crippen LogP contribution is 2.19. The van der Waals surface area contributed by atoms with Crippen molar-refractivity contribution in [3.63, 3.8) is 0 Å². The van der Waals surface area contributed by atoms with Crippen LogP contribution in [0, 0.1) is 5.92 Å². The van der Waals surface area contributed by atoms with Crippen molar-refractivity contribution < 1.29 is 14.6 Å². The fraction of sp³-hybridized carbons (Fsp3) is 0.538. The summed E-state index contributed by atoms with van der Waals surface area (Å²) in [7, 11) is 0. The Bertz CT molecular complexity index is 512. The number of ether oxygens (including phenoxy) is 1. The van der Waals surface area contributed by atoms with Crippen LogP contribution in [0.25, 0.3) is 0 Å². The molecule has 1 fully saturated rings. The number of pyridine rings is 1. The largest absolute Gasteiger partial charge is 0.508 e. The summed E-state index contributed by atoms with van der Waals surface area (Å²) in [6, 6.07) is 2.32. The minimum Gasteiger partial charge on any atom is -0.508 e. The molecular formula is C13H18N2O4. The van der Waals surface area contributed by atoms with Crippen molar-refractivity contribution in [2.45, 2.75) is 13.3 Å². The first-order valence-electron chi connectivity index (χ1n) is 6.40. The Morgan fingerprint density at radius 3 is 3.05 bits per heavy atom. The second-order valence-electron chi connectivity index (χ2n) is 4.68. The van der Waals surface area contributed by atoms with E-state index in [1.165, 1.54) is 6.07 Å². The standard InChI is InChI=1S/C13H18N2O4/c1-2-19-8-9-3-4-15(7-9)13(18)11-5-10(16)6-12(17)14-11/h5-6,9H,2-4,7-8H2,1H3,(H2,14,16,17). The number of carbonyl (C=O) groups is 1. The lowest BCUT2D eigenvalue weighted by Gasteiger charge is -2.16. The van der Waals surface area contributed by atoms with Crippen molar-refractivity contribution in [1.82, 2.24) is 9.88 Å². The number of aromatic hydroxyl groups is 1. The summed E-state index contributed by atoms with van der Waals surface area (Å²) in [6.07, 6.45) is 0.898. The maximum Gasteiger partial charge on any atom is 0.270 e. The summed E-state index contributed by atoms with van der Waals surface area (Å²) in [4.78, 5) is 27.5. The van der Waals surface area contributed by atoms with Crippen LogP contribution in [-0.2, 0) is 4.74 Å². The van der Waals surface area contributed by atoms with Crippen molar-refractivity contribution in [3.05, 3.63) is 28.2 Å². The van der Waals surface area contributed by atoms with E-state index in [4.69, 9.17) is 4.74 Å². The first kappa shape index (κ1) is 13.6. The summed E-state index contributed by atoms with van der Waals surface area (Å²) in [6.45, 7) is 4.53. The molecule has 6 heteroatoms. The molecule has 2 rings (SSSR count). The molecule has 1 saturated heterocycles. The quantitative estimate of drug-likeness (QED) is 0.835. The fourth-order valence-electron chi connectivity index (χ4n) is 2.25. The van der Waals surface area contributed by atoms with Gasteiger partial charge in [0.05, 0.1) is 6.61 Å². The Balaban J connectivity index is 2.03. The number of rotatable bonds is 4. The third-order valence-corrected chi connectivity index (χ3v) is 3.19. The van der Waals surface area contributed by atoms with E-state index in [0.717, 1.165) is 12.5 Å². The van der Waals surface area contributed by atoms with Gasteiger partial charge in [-0.1, -0.05) is 0 Å². The number of nitrogens with zero attached hydrogens (tertiary/aromatic N) is 1. The van der Waals surface area contributed by atoms with Crippen LogP contribution < -0.4 is 5.56 Å². The Kier molecular flexibility index (Phi) is 4.21. The summed E-state index contributed by atoms with van der Waals surface area (Å²) >= 11 is 0. The number of aromatic amines is 1. The molecule has 0 spiro atoms. The van der Waals surface area contributed by atoms with E-state index in [0.29, 0.717) is 32.2 Å². The second kappa shape index (κ2) is 5.88. The van der Waals surface area contributed by atoms with Crippen LogP contribution in [0.1, 0.15) is 23.8 Å². The first-order chi connectivity index (χ1) is 9.10. The molecule has 1 aliphatic heterocycles. The van der Waals surface area contributed by atoms with Gasteiger partial charge in [0, 0.05) is 37.7 Å². The van der Waals surface area contributed by atoms with Gasteiger partial charge in [-0.3, -0.25) is 9.59 Å². The zero-order valence-corrected chi connectivity index (χ0v) is 10.9. The monoisotopic (exact) mass is 266 g/mol. The number of nitrogens with one attached hydrogen (secondary N) is 1. The normalized spacial score (nSPS) is 18.8. The topological polar surface area (TPSA) is 82.6 Å². The number of carbonyl (C=O) groups excluding carboxylic acids is 1. The van der Waals surface area contributed by atoms with Gasteiger partial charge in [-0.25, -0.2) is 0 Å². The van der Waals surface area contributed by atoms with E-state index >= 15 is 0 Å². The summed E-state index contributed by atoms with van der Waals surface area (Å²) in [5.41, 5.74) is -0.351. The maximum absolute atomic E-state index is 12.2. The lowest BCUT2D eigenvalue weighted by atomic mass is 10.1. The molecule has 0 bridgehead atoms. The van der Waals surface area contributed by atoms with Crippen molar-refractivity contribution in [3.8, 4) is 5.75 Å². The van der Waals surface area contributed by atoms with Crippen LogP contribution in [0.4, 0.5) is 0 Å². The minimum atomic E-state index is -0.478. The third kappa shape index (κ3) is 3.35. The second-order valence-corrected chi connectivity index (χ2v) is 4.68. The van der Waals surface area contributed by atoms with Crippen molar-refractivity contribution in [2.75, 3.05) is 26.3 Å². The Morgan fingerprint density at radius 2 is 2.37 bits per heavy atom. The van der Waals surface area contributed by atoms with Gasteiger partial charge in [-0.05, 0) is 13.3 Å². The lowest BCUT2D eigenvalue weighted by Crippen LogP contribution is -2.31. The van der Waals surface area contributed by atoms with Crippen molar-refractivity contribution in [2.24, 2.45) is 5.92 Å². The first-order valence-corrected chi connectivity index (χ1v) is 6.40. The van der Waals surface area contributed by atoms with Crippen LogP contribution in [0.5, 0.6) is 5.75 Å². The van der Waals surface area contributed by atoms with Gasteiger partial charge in [0.25, 0.3) is 11.5 Å². The van der Waals surface area contributed by atoms with Gasteiger partial charge >= 0.3 is 0 Å². The molecule has 1 atom stereocenters. The Morgan fingerprint density at radius 1 is 1.58 bits per heavy atom. The highest BCUT2D eigenvalue weighted by atomic mass is 16.5. The number of H-pyrrole nitrogens is 1. The molecule has 1 aromatic rings. The summed E-state index contributed by atoms with van der Waals surface area (Å²) in [5, 5.41) is 9.34. The molecule has 2 N–H and O–H groups in total. The molecular weight excluding hydrogens is 248 g/mol. The summed E-state index contributed by atoms with van der Waals surface area (Å²) < 4.78 is 5.35. The zero-order valence-electron chi connectivity index (χ0n) is 10.9. The van der Waals surface area contributed by atoms with Crippen molar-refractivity contribution in [1.29, 1.82) is 0 Å². The molecule has 0 radical (unpaired) electrons. The van der Waals surface area contributed by atoms with E-state index in [2.05, 4.69) is 4.98 Å². The van der Waals surface area contributed by atoms with Gasteiger partial charge in [-0.15, -0.1) is 0 Å². The van der Waals surface area contributed by atoms with Gasteiger partial charge in [-0.2, -0.15) is 0 Å². The molecule has 2 heterocycles. The molecule has 1 unspecified atom stereocenters. The molecule has 6 nitrogen and oxygen atoms in total. The van der Waals surface area contributed by atoms with Gasteiger partial charge in [0.1, 0.15) is 11.4 Å². The average molecular weight is 266 g/mol. The number of hydrogen-bond donors (Lipinski definition) is 2. The van der Waals surface area contributed by atoms with Crippen LogP contribution in [0.2, 0.25) is 0 Å². The highest BCUT2D eigenvalue weighted by Gasteiger charge is 2.27. The van der Waals surface area contributed by atoms with Crippen LogP contribution >= 0.6 is 0 Å². The van der Waals surface area contributed by atoms with Crippen LogP contribution in [-0.4, -0.2) is 47.2 Å². The van der Waals surface area contributed by atoms with Gasteiger partial charge < -0.3 is 19.7 Å². The van der Waals surface area contributed by atoms with Crippen LogP contribution in [0.3, 0.4) is 0 Å². The zero-order chi connectivity index (χ0) is 13.8. The molecule has 19 heavy (non-hydrogen) atoms. The highest BCUT2D eigenvalue weighted by molar-refractivity contribution is 5.92. The van der Waals surface area contributed by atoms with E-state index in [-0.39, 0.29) is 17.4 Å². The van der Waals surface area contributed by atoms with Crippen molar-refractivity contribution >= 4 is 5.91 Å². The van der Waals surface area contributed by atoms with E-state index in [1.54, 1.807) is 4.90 Å². The average Bonchev–Trinajstić information content (AvgIpc) is 2.83. The molecule has 1 aliphatic rings. The molecule has 1 amide bonds. The third-order valence-electron chi connectivity index (χ3n) is 3.19. The Hall–Kier alpha value is -1.82. The number of amides is 1. The number of aromatic nitrogens is 1. The summed E-state index contributed by atoms with van der Waals surface area (Å²) in [5.74, 6) is -0.114.